The number of benzene rings is 2. The second-order valence-corrected chi connectivity index (χ2v) is 7.67. The Morgan fingerprint density at radius 3 is 2.74 bits per heavy atom. The number of aromatic amines is 1. The largest absolute Gasteiger partial charge is 0.480 e. The second kappa shape index (κ2) is 6.36. The number of para-hydroxylation sites is 1. The number of aromatic nitrogens is 3. The zero-order valence-corrected chi connectivity index (χ0v) is 14.7. The number of fused-ring (bicyclic) bond motifs is 2. The molecule has 4 aromatic rings. The third-order valence-electron chi connectivity index (χ3n) is 4.13. The molecule has 8 nitrogen and oxygen atoms in total. The van der Waals surface area contributed by atoms with Gasteiger partial charge in [0, 0.05) is 11.6 Å². The van der Waals surface area contributed by atoms with E-state index in [1.807, 2.05) is 0 Å². The minimum absolute atomic E-state index is 0.0495. The Hall–Kier alpha value is -3.46. The number of nitrogens with zero attached hydrogens (tertiary/aromatic N) is 3. The number of imidazole rings is 1. The fraction of sp³-hybridized carbons (Fsp3) is 0.0556. The summed E-state index contributed by atoms with van der Waals surface area (Å²) in [5.41, 5.74) is 1.77. The summed E-state index contributed by atoms with van der Waals surface area (Å²) in [7, 11) is -4.17. The minimum Gasteiger partial charge on any atom is -0.480 e. The van der Waals surface area contributed by atoms with Crippen molar-refractivity contribution in [2.75, 3.05) is 10.8 Å². The van der Waals surface area contributed by atoms with E-state index in [-0.39, 0.29) is 16.1 Å². The van der Waals surface area contributed by atoms with Crippen molar-refractivity contribution in [1.82, 2.24) is 15.0 Å². The first-order chi connectivity index (χ1) is 13.0. The molecule has 0 fully saturated rings. The van der Waals surface area contributed by atoms with Gasteiger partial charge in [-0.1, -0.05) is 18.2 Å². The Bertz CT molecular complexity index is 1260. The average Bonchev–Trinajstić information content (AvgIpc) is 3.13. The van der Waals surface area contributed by atoms with E-state index in [0.717, 1.165) is 4.31 Å². The molecule has 0 saturated heterocycles. The summed E-state index contributed by atoms with van der Waals surface area (Å²) in [5, 5.41) is 9.95. The highest BCUT2D eigenvalue weighted by molar-refractivity contribution is 7.93. The van der Waals surface area contributed by atoms with Gasteiger partial charge in [0.25, 0.3) is 10.0 Å². The van der Waals surface area contributed by atoms with Crippen molar-refractivity contribution in [3.63, 3.8) is 0 Å². The van der Waals surface area contributed by atoms with Gasteiger partial charge in [0.2, 0.25) is 0 Å². The number of anilines is 1. The third-order valence-corrected chi connectivity index (χ3v) is 5.94. The summed E-state index contributed by atoms with van der Waals surface area (Å²) in [4.78, 5) is 22.5. The first-order valence-corrected chi connectivity index (χ1v) is 9.42. The van der Waals surface area contributed by atoms with E-state index in [4.69, 9.17) is 0 Å². The van der Waals surface area contributed by atoms with Crippen molar-refractivity contribution in [2.45, 2.75) is 4.90 Å². The molecule has 0 aliphatic heterocycles. The van der Waals surface area contributed by atoms with Gasteiger partial charge < -0.3 is 10.1 Å². The standard InChI is InChI=1S/C18H14N4O4S/c23-17(24)10-22(13-6-7-14-15(9-13)21-11-20-14)27(25,26)16-5-1-3-12-4-2-8-19-18(12)16/h1-9,11H,10H2,(H,20,21)(H,23,24). The van der Waals surface area contributed by atoms with Gasteiger partial charge in [0.05, 0.1) is 28.6 Å². The predicted octanol–water partition coefficient (Wildman–Crippen LogP) is 2.39. The molecule has 0 unspecified atom stereocenters. The molecular formula is C18H14N4O4S. The number of carboxylic acid groups (broad SMARTS) is 1. The fourth-order valence-corrected chi connectivity index (χ4v) is 4.49. The third kappa shape index (κ3) is 2.97. The number of H-pyrrole nitrogens is 1. The molecule has 0 aliphatic carbocycles. The van der Waals surface area contributed by atoms with Crippen LogP contribution < -0.4 is 4.31 Å². The number of carboxylic acids is 1. The molecule has 136 valence electrons. The van der Waals surface area contributed by atoms with E-state index in [2.05, 4.69) is 15.0 Å². The van der Waals surface area contributed by atoms with Crippen molar-refractivity contribution in [2.24, 2.45) is 0 Å². The number of hydrogen-bond donors (Lipinski definition) is 2. The number of carbonyl (C=O) groups is 1. The topological polar surface area (TPSA) is 116 Å². The van der Waals surface area contributed by atoms with Gasteiger partial charge in [-0.2, -0.15) is 0 Å². The van der Waals surface area contributed by atoms with Gasteiger partial charge in [-0.15, -0.1) is 0 Å². The highest BCUT2D eigenvalue weighted by Gasteiger charge is 2.29. The van der Waals surface area contributed by atoms with Crippen LogP contribution in [-0.4, -0.2) is 41.0 Å². The van der Waals surface area contributed by atoms with Gasteiger partial charge in [0.1, 0.15) is 11.4 Å². The SMILES string of the molecule is O=C(O)CN(c1ccc2nc[nH]c2c1)S(=O)(=O)c1cccc2cccnc12. The van der Waals surface area contributed by atoms with Crippen molar-refractivity contribution >= 4 is 43.6 Å². The molecule has 2 aromatic heterocycles. The van der Waals surface area contributed by atoms with Crippen molar-refractivity contribution < 1.29 is 18.3 Å². The number of aliphatic carboxylic acids is 1. The van der Waals surface area contributed by atoms with E-state index >= 15 is 0 Å². The Morgan fingerprint density at radius 1 is 1.11 bits per heavy atom. The number of rotatable bonds is 5. The average molecular weight is 382 g/mol. The molecule has 9 heteroatoms. The van der Waals surface area contributed by atoms with Crippen molar-refractivity contribution in [1.29, 1.82) is 0 Å². The smallest absolute Gasteiger partial charge is 0.324 e. The molecule has 2 N–H and O–H groups in total. The van der Waals surface area contributed by atoms with E-state index in [1.54, 1.807) is 36.4 Å². The maximum Gasteiger partial charge on any atom is 0.324 e. The minimum atomic E-state index is -4.17. The first-order valence-electron chi connectivity index (χ1n) is 7.98. The molecular weight excluding hydrogens is 368 g/mol. The van der Waals surface area contributed by atoms with Crippen LogP contribution in [-0.2, 0) is 14.8 Å². The maximum atomic E-state index is 13.4. The lowest BCUT2D eigenvalue weighted by atomic mass is 10.2. The van der Waals surface area contributed by atoms with Gasteiger partial charge in [0.15, 0.2) is 0 Å². The number of sulfonamides is 1. The van der Waals surface area contributed by atoms with E-state index in [9.17, 15) is 18.3 Å². The van der Waals surface area contributed by atoms with E-state index < -0.39 is 22.5 Å². The molecule has 2 heterocycles. The summed E-state index contributed by atoms with van der Waals surface area (Å²) >= 11 is 0. The Labute approximate surface area is 154 Å². The summed E-state index contributed by atoms with van der Waals surface area (Å²) < 4.78 is 27.6. The Kier molecular flexibility index (Phi) is 4.00. The van der Waals surface area contributed by atoms with Crippen LogP contribution in [0, 0.1) is 0 Å². The molecule has 0 spiro atoms. The van der Waals surface area contributed by atoms with Gasteiger partial charge in [-0.25, -0.2) is 13.4 Å². The molecule has 0 aliphatic rings. The number of nitrogens with one attached hydrogen (secondary N) is 1. The number of pyridine rings is 1. The summed E-state index contributed by atoms with van der Waals surface area (Å²) in [6.45, 7) is -0.717. The maximum absolute atomic E-state index is 13.4. The lowest BCUT2D eigenvalue weighted by molar-refractivity contribution is -0.135. The lowest BCUT2D eigenvalue weighted by Crippen LogP contribution is -2.36. The quantitative estimate of drug-likeness (QED) is 0.547. The van der Waals surface area contributed by atoms with Crippen molar-refractivity contribution in [3.05, 3.63) is 61.1 Å². The van der Waals surface area contributed by atoms with Crippen LogP contribution in [0.2, 0.25) is 0 Å². The predicted molar refractivity (Wildman–Crippen MR) is 100 cm³/mol. The summed E-state index contributed by atoms with van der Waals surface area (Å²) in [6, 6.07) is 13.0. The molecule has 27 heavy (non-hydrogen) atoms. The van der Waals surface area contributed by atoms with Crippen LogP contribution in [0.25, 0.3) is 21.9 Å². The van der Waals surface area contributed by atoms with Crippen LogP contribution in [0.4, 0.5) is 5.69 Å². The fourth-order valence-electron chi connectivity index (χ4n) is 2.92. The van der Waals surface area contributed by atoms with Crippen LogP contribution in [0.3, 0.4) is 0 Å². The Morgan fingerprint density at radius 2 is 1.93 bits per heavy atom. The molecule has 4 rings (SSSR count). The van der Waals surface area contributed by atoms with Crippen LogP contribution >= 0.6 is 0 Å². The zero-order chi connectivity index (χ0) is 19.0. The molecule has 0 atom stereocenters. The molecule has 2 aromatic carbocycles. The zero-order valence-electron chi connectivity index (χ0n) is 13.9. The summed E-state index contributed by atoms with van der Waals surface area (Å²) in [5.74, 6) is -1.27. The molecule has 0 radical (unpaired) electrons. The Balaban J connectivity index is 1.91. The van der Waals surface area contributed by atoms with Crippen LogP contribution in [0.5, 0.6) is 0 Å². The molecule has 0 bridgehead atoms. The van der Waals surface area contributed by atoms with Gasteiger partial charge >= 0.3 is 5.97 Å². The lowest BCUT2D eigenvalue weighted by Gasteiger charge is -2.23. The van der Waals surface area contributed by atoms with E-state index in [1.165, 1.54) is 24.7 Å². The van der Waals surface area contributed by atoms with Crippen molar-refractivity contribution in [3.8, 4) is 0 Å². The second-order valence-electron chi connectivity index (χ2n) is 5.84. The van der Waals surface area contributed by atoms with Crippen LogP contribution in [0.1, 0.15) is 0 Å². The molecule has 0 amide bonds. The van der Waals surface area contributed by atoms with Gasteiger partial charge in [-0.3, -0.25) is 14.1 Å². The highest BCUT2D eigenvalue weighted by atomic mass is 32.2. The van der Waals surface area contributed by atoms with E-state index in [0.29, 0.717) is 16.4 Å². The van der Waals surface area contributed by atoms with Gasteiger partial charge in [-0.05, 0) is 30.3 Å². The summed E-state index contributed by atoms with van der Waals surface area (Å²) in [6.07, 6.45) is 2.98. The monoisotopic (exact) mass is 382 g/mol. The normalized spacial score (nSPS) is 11.7. The van der Waals surface area contributed by atoms with Crippen LogP contribution in [0.15, 0.2) is 66.0 Å². The molecule has 0 saturated carbocycles. The highest BCUT2D eigenvalue weighted by Crippen LogP contribution is 2.29. The first kappa shape index (κ1) is 17.0. The number of hydrogen-bond acceptors (Lipinski definition) is 5.